The number of hydrogen-bond acceptors (Lipinski definition) is 9. The van der Waals surface area contributed by atoms with Crippen LogP contribution >= 0.6 is 0 Å². The molecule has 1 aromatic heterocycles. The number of para-hydroxylation sites is 1. The van der Waals surface area contributed by atoms with Gasteiger partial charge in [-0.15, -0.1) is 5.10 Å². The zero-order valence-electron chi connectivity index (χ0n) is 29.5. The van der Waals surface area contributed by atoms with E-state index in [2.05, 4.69) is 10.3 Å². The number of hydrogen-bond donors (Lipinski definition) is 3. The van der Waals surface area contributed by atoms with Crippen LogP contribution in [0.1, 0.15) is 60.4 Å². The van der Waals surface area contributed by atoms with Gasteiger partial charge in [-0.1, -0.05) is 59.3 Å². The average Bonchev–Trinajstić information content (AvgIpc) is 3.56. The number of carbonyl (C=O) groups is 2. The first kappa shape index (κ1) is 33.7. The maximum Gasteiger partial charge on any atom is 0.177 e. The van der Waals surface area contributed by atoms with Gasteiger partial charge in [-0.05, 0) is 80.4 Å². The van der Waals surface area contributed by atoms with Crippen LogP contribution in [0.4, 0.5) is 0 Å². The maximum absolute atomic E-state index is 13.1. The molecule has 0 radical (unpaired) electrons. The predicted molar refractivity (Wildman–Crippen MR) is 196 cm³/mol. The third kappa shape index (κ3) is 6.98. The topological polar surface area (TPSA) is 141 Å². The van der Waals surface area contributed by atoms with E-state index in [0.29, 0.717) is 34.8 Å². The molecule has 260 valence electrons. The van der Waals surface area contributed by atoms with Crippen molar-refractivity contribution in [1.29, 1.82) is 1.12 Å². The maximum atomic E-state index is 13.1. The summed E-state index contributed by atoms with van der Waals surface area (Å²) in [5.41, 5.74) is 8.19. The van der Waals surface area contributed by atoms with Crippen LogP contribution < -0.4 is 9.47 Å². The quantitative estimate of drug-likeness (QED) is 0.171. The summed E-state index contributed by atoms with van der Waals surface area (Å²) < 4.78 is 28.8. The molecule has 10 nitrogen and oxygen atoms in total. The van der Waals surface area contributed by atoms with Gasteiger partial charge < -0.3 is 19.7 Å². The van der Waals surface area contributed by atoms with Crippen molar-refractivity contribution >= 4 is 34.2 Å². The van der Waals surface area contributed by atoms with Crippen molar-refractivity contribution in [3.63, 3.8) is 0 Å². The number of rotatable bonds is 3. The number of fused-ring (bicyclic) bond motifs is 3. The van der Waals surface area contributed by atoms with Gasteiger partial charge in [0.25, 0.3) is 0 Å². The number of nitrogens with zero attached hydrogens (tertiary/aromatic N) is 3. The molecule has 0 amide bonds. The molecule has 5 aromatic carbocycles. The second kappa shape index (κ2) is 15.0. The van der Waals surface area contributed by atoms with E-state index >= 15 is 0 Å². The van der Waals surface area contributed by atoms with Gasteiger partial charge in [0.2, 0.25) is 0 Å². The zero-order chi connectivity index (χ0) is 37.1. The molecule has 11 heteroatoms. The Kier molecular flexibility index (Phi) is 9.89. The van der Waals surface area contributed by atoms with Crippen LogP contribution in [0.15, 0.2) is 97.1 Å². The summed E-state index contributed by atoms with van der Waals surface area (Å²) in [7, 11) is 0. The average molecular weight is 705 g/mol. The third-order valence-corrected chi connectivity index (χ3v) is 9.06. The number of Topliss-reactive ketones (excluding diaryl/α,β-unsaturated/α-hetero) is 2. The third-order valence-electron chi connectivity index (χ3n) is 9.06. The normalized spacial score (nSPS) is 16.9. The van der Waals surface area contributed by atoms with Crippen molar-refractivity contribution in [2.75, 3.05) is 19.5 Å². The van der Waals surface area contributed by atoms with Crippen molar-refractivity contribution in [2.45, 2.75) is 32.6 Å². The lowest BCUT2D eigenvalue weighted by molar-refractivity contribution is 0.0886. The lowest BCUT2D eigenvalue weighted by Gasteiger charge is -2.26. The number of phenols is 2. The van der Waals surface area contributed by atoms with Gasteiger partial charge >= 0.3 is 0 Å². The minimum absolute atomic E-state index is 0.0277. The summed E-state index contributed by atoms with van der Waals surface area (Å²) >= 11 is -1.36. The zero-order valence-corrected chi connectivity index (χ0v) is 29.3. The van der Waals surface area contributed by atoms with Crippen LogP contribution in [0.25, 0.3) is 16.7 Å². The first-order chi connectivity index (χ1) is 24.9. The molecule has 0 spiro atoms. The lowest BCUT2D eigenvalue weighted by atomic mass is 9.87. The van der Waals surface area contributed by atoms with Gasteiger partial charge in [-0.25, -0.2) is 4.68 Å². The Morgan fingerprint density at radius 1 is 0.745 bits per heavy atom. The smallest absolute Gasteiger partial charge is 0.177 e. The number of aromatic hydroxyl groups is 2. The van der Waals surface area contributed by atoms with E-state index in [9.17, 15) is 24.0 Å². The fraction of sp³-hybridized carbons (Fsp3) is 0.200. The lowest BCUT2D eigenvalue weighted by Crippen LogP contribution is -2.27. The highest BCUT2D eigenvalue weighted by molar-refractivity contribution is 7.64. The number of ketones is 2. The van der Waals surface area contributed by atoms with Crippen LogP contribution in [0.5, 0.6) is 23.0 Å². The predicted octanol–water partition coefficient (Wildman–Crippen LogP) is 6.72. The molecular formula is C40H37N3O7S. The summed E-state index contributed by atoms with van der Waals surface area (Å²) in [5.74, 6) is 0.815. The van der Waals surface area contributed by atoms with E-state index in [1.807, 2.05) is 74.5 Å². The van der Waals surface area contributed by atoms with Gasteiger partial charge in [-0.3, -0.25) is 13.8 Å². The van der Waals surface area contributed by atoms with Crippen LogP contribution in [0, 0.1) is 20.8 Å². The molecule has 2 N–H and O–H groups in total. The second-order valence-electron chi connectivity index (χ2n) is 12.3. The minimum Gasteiger partial charge on any atom is -0.508 e. The summed E-state index contributed by atoms with van der Waals surface area (Å²) in [6, 6.07) is 29.3. The largest absolute Gasteiger partial charge is 0.508 e. The fourth-order valence-corrected chi connectivity index (χ4v) is 6.26. The van der Waals surface area contributed by atoms with Crippen LogP contribution in [-0.4, -0.2) is 61.6 Å². The Balaban J connectivity index is 0.000000170. The molecule has 2 aliphatic heterocycles. The molecule has 0 fully saturated rings. The first-order valence-electron chi connectivity index (χ1n) is 16.7. The molecule has 51 heavy (non-hydrogen) atoms. The minimum atomic E-state index is -1.36. The van der Waals surface area contributed by atoms with Crippen molar-refractivity contribution in [1.82, 2.24) is 15.0 Å². The molecule has 0 bridgehead atoms. The van der Waals surface area contributed by atoms with E-state index in [0.717, 1.165) is 33.4 Å². The van der Waals surface area contributed by atoms with Gasteiger partial charge in [0.05, 0.1) is 34.2 Å². The molecule has 0 saturated carbocycles. The van der Waals surface area contributed by atoms with E-state index in [1.54, 1.807) is 41.9 Å². The highest BCUT2D eigenvalue weighted by Gasteiger charge is 2.33. The van der Waals surface area contributed by atoms with Crippen molar-refractivity contribution in [2.24, 2.45) is 0 Å². The summed E-state index contributed by atoms with van der Waals surface area (Å²) in [4.78, 5) is 25.7. The molecule has 0 aliphatic carbocycles. The van der Waals surface area contributed by atoms with Crippen molar-refractivity contribution in [3.8, 4) is 28.7 Å². The molecule has 3 heterocycles. The van der Waals surface area contributed by atoms with E-state index in [4.69, 9.17) is 10.6 Å². The number of carbonyl (C=O) groups excluding carboxylic acids is 2. The van der Waals surface area contributed by atoms with Crippen LogP contribution in [-0.2, 0) is 11.6 Å². The van der Waals surface area contributed by atoms with Gasteiger partial charge in [0.15, 0.2) is 11.6 Å². The van der Waals surface area contributed by atoms with Crippen molar-refractivity contribution in [3.05, 3.63) is 136 Å². The Hall–Kier alpha value is -5.81. The molecular weight excluding hydrogens is 667 g/mol. The monoisotopic (exact) mass is 704 g/mol. The molecule has 2 aliphatic rings. The van der Waals surface area contributed by atoms with Gasteiger partial charge in [0, 0.05) is 29.0 Å². The Labute approximate surface area is 299 Å². The molecule has 8 rings (SSSR count). The standard InChI is InChI=1S/C23H19N3O2.C16H14O4.CH4OS/c1-14-7-9-16(10-8-14)18-13-28-23-15(2)20(12-11-17(23)22(18)27)26-21-6-4-3-5-19(21)24-25-26;1-9-14(18)7-6-12-15(19)13(8-20-16(9)12)10-2-4-11(17)5-3-10;1-3-2/h3-12,18H,13H2,1-2H3;2-7,13,17-18H,8H2,1H3;3H,1H3/i;;3D. The number of aromatic nitrogens is 3. The fourth-order valence-electron chi connectivity index (χ4n) is 6.26. The molecule has 0 saturated heterocycles. The molecule has 3 atom stereocenters. The van der Waals surface area contributed by atoms with E-state index in [1.165, 1.54) is 17.9 Å². The summed E-state index contributed by atoms with van der Waals surface area (Å²) in [5, 5.41) is 27.5. The summed E-state index contributed by atoms with van der Waals surface area (Å²) in [6.07, 6.45) is 1.31. The first-order valence-corrected chi connectivity index (χ1v) is 17.4. The van der Waals surface area contributed by atoms with E-state index < -0.39 is 11.6 Å². The van der Waals surface area contributed by atoms with Crippen LogP contribution in [0.3, 0.4) is 0 Å². The highest BCUT2D eigenvalue weighted by Crippen LogP contribution is 2.39. The van der Waals surface area contributed by atoms with Gasteiger partial charge in [-0.2, -0.15) is 0 Å². The van der Waals surface area contributed by atoms with Crippen LogP contribution in [0.2, 0.25) is 0 Å². The number of benzene rings is 5. The highest BCUT2D eigenvalue weighted by atomic mass is 32.1. The second-order valence-corrected chi connectivity index (χ2v) is 12.6. The van der Waals surface area contributed by atoms with Crippen molar-refractivity contribution < 1.29 is 33.5 Å². The molecule has 3 unspecified atom stereocenters. The number of ether oxygens (including phenoxy) is 2. The Morgan fingerprint density at radius 2 is 1.27 bits per heavy atom. The van der Waals surface area contributed by atoms with E-state index in [-0.39, 0.29) is 41.5 Å². The molecule has 6 aromatic rings. The van der Waals surface area contributed by atoms with Gasteiger partial charge in [0.1, 0.15) is 42.9 Å². The SMILES string of the molecule is Cc1c(O)ccc2c1OCC(c1ccc(O)cc1)C2=O.Cc1ccc(C2COc3c(ccc(-n4nnc5ccccc54)c3C)C2=O)cc1.[2H]S(C)=O. The number of phenolic OH excluding ortho intramolecular Hbond substituents is 2. The Bertz CT molecular complexity index is 2300. The summed E-state index contributed by atoms with van der Waals surface area (Å²) in [6.45, 7) is 6.31. The number of aryl methyl sites for hydroxylation is 1. The number of thiol groups is 1. The Morgan fingerprint density at radius 3 is 1.88 bits per heavy atom.